The third-order valence-corrected chi connectivity index (χ3v) is 4.00. The van der Waals surface area contributed by atoms with Crippen LogP contribution in [0.4, 0.5) is 11.4 Å². The van der Waals surface area contributed by atoms with Gasteiger partial charge in [0.15, 0.2) is 0 Å². The van der Waals surface area contributed by atoms with Gasteiger partial charge in [-0.15, -0.1) is 12.4 Å². The molecule has 26 heavy (non-hydrogen) atoms. The van der Waals surface area contributed by atoms with Gasteiger partial charge < -0.3 is 16.4 Å². The molecular weight excluding hydrogens is 380 g/mol. The van der Waals surface area contributed by atoms with E-state index < -0.39 is 15.9 Å². The van der Waals surface area contributed by atoms with Crippen molar-refractivity contribution in [1.29, 1.82) is 0 Å². The first-order chi connectivity index (χ1) is 11.7. The summed E-state index contributed by atoms with van der Waals surface area (Å²) in [5.74, 6) is -0.747. The normalized spacial score (nSPS) is 11.8. The summed E-state index contributed by atoms with van der Waals surface area (Å²) in [6.07, 6.45) is 3.63. The van der Waals surface area contributed by atoms with Crippen molar-refractivity contribution < 1.29 is 18.0 Å². The molecule has 0 radical (unpaired) electrons. The lowest BCUT2D eigenvalue weighted by Gasteiger charge is -2.18. The number of carbonyl (C=O) groups excluding carboxylic acids is 2. The summed E-state index contributed by atoms with van der Waals surface area (Å²) >= 11 is 0. The van der Waals surface area contributed by atoms with Crippen LogP contribution in [0.5, 0.6) is 0 Å². The molecule has 0 aliphatic carbocycles. The predicted molar refractivity (Wildman–Crippen MR) is 106 cm³/mol. The Bertz CT molecular complexity index is 725. The molecular formula is C16H27ClN4O4S. The predicted octanol–water partition coefficient (Wildman–Crippen LogP) is 1.69. The zero-order valence-electron chi connectivity index (χ0n) is 15.2. The summed E-state index contributed by atoms with van der Waals surface area (Å²) in [6.45, 7) is 3.67. The van der Waals surface area contributed by atoms with Crippen LogP contribution in [0.15, 0.2) is 18.2 Å². The van der Waals surface area contributed by atoms with Crippen molar-refractivity contribution in [2.45, 2.75) is 39.2 Å². The molecule has 5 N–H and O–H groups in total. The molecule has 0 aliphatic rings. The maximum Gasteiger partial charge on any atom is 0.253 e. The molecule has 8 nitrogen and oxygen atoms in total. The van der Waals surface area contributed by atoms with Crippen LogP contribution in [-0.4, -0.2) is 39.1 Å². The molecule has 148 valence electrons. The van der Waals surface area contributed by atoms with E-state index in [0.29, 0.717) is 5.69 Å². The summed E-state index contributed by atoms with van der Waals surface area (Å²) in [5, 5.41) is 5.38. The van der Waals surface area contributed by atoms with Crippen LogP contribution < -0.4 is 21.1 Å². The number of hydrogen-bond donors (Lipinski definition) is 4. The molecule has 0 saturated carbocycles. The molecule has 10 heteroatoms. The fourth-order valence-corrected chi connectivity index (χ4v) is 2.84. The van der Waals surface area contributed by atoms with Gasteiger partial charge in [-0.3, -0.25) is 14.3 Å². The Balaban J connectivity index is 0.00000625. The Hall–Kier alpha value is -1.84. The van der Waals surface area contributed by atoms with Gasteiger partial charge in [-0.25, -0.2) is 8.42 Å². The Kier molecular flexibility index (Phi) is 10.2. The smallest absolute Gasteiger partial charge is 0.253 e. The van der Waals surface area contributed by atoms with Crippen molar-refractivity contribution >= 4 is 45.6 Å². The summed E-state index contributed by atoms with van der Waals surface area (Å²) in [6, 6.07) is 4.17. The average molecular weight is 407 g/mol. The van der Waals surface area contributed by atoms with E-state index in [4.69, 9.17) is 5.73 Å². The van der Waals surface area contributed by atoms with Crippen LogP contribution in [0.3, 0.4) is 0 Å². The third-order valence-electron chi connectivity index (χ3n) is 3.41. The van der Waals surface area contributed by atoms with Gasteiger partial charge in [0.1, 0.15) is 0 Å². The van der Waals surface area contributed by atoms with Crippen molar-refractivity contribution in [2.24, 2.45) is 5.73 Å². The van der Waals surface area contributed by atoms with E-state index in [9.17, 15) is 18.0 Å². The van der Waals surface area contributed by atoms with Gasteiger partial charge in [0.2, 0.25) is 15.9 Å². The van der Waals surface area contributed by atoms with Gasteiger partial charge in [0.05, 0.1) is 17.5 Å². The minimum absolute atomic E-state index is 0. The highest BCUT2D eigenvalue weighted by Crippen LogP contribution is 2.22. The largest absolute Gasteiger partial charge is 0.348 e. The van der Waals surface area contributed by atoms with Crippen LogP contribution in [0.2, 0.25) is 0 Å². The Morgan fingerprint density at radius 2 is 1.92 bits per heavy atom. The fourth-order valence-electron chi connectivity index (χ4n) is 2.26. The third kappa shape index (κ3) is 8.50. The lowest BCUT2D eigenvalue weighted by Crippen LogP contribution is -2.40. The summed E-state index contributed by atoms with van der Waals surface area (Å²) in [5.41, 5.74) is 6.35. The van der Waals surface area contributed by atoms with Crippen LogP contribution >= 0.6 is 12.4 Å². The van der Waals surface area contributed by atoms with E-state index in [1.165, 1.54) is 25.1 Å². The molecule has 0 fully saturated rings. The molecule has 1 unspecified atom stereocenters. The number of benzene rings is 1. The van der Waals surface area contributed by atoms with Crippen molar-refractivity contribution in [3.05, 3.63) is 23.8 Å². The Labute approximate surface area is 160 Å². The first kappa shape index (κ1) is 24.2. The number of unbranched alkanes of at least 4 members (excludes halogenated alkanes) is 1. The lowest BCUT2D eigenvalue weighted by molar-refractivity contribution is -0.114. The average Bonchev–Trinajstić information content (AvgIpc) is 2.50. The molecule has 1 aromatic carbocycles. The molecule has 0 saturated heterocycles. The minimum Gasteiger partial charge on any atom is -0.348 e. The molecule has 0 bridgehead atoms. The molecule has 0 spiro atoms. The number of amides is 2. The second-order valence-electron chi connectivity index (χ2n) is 5.86. The van der Waals surface area contributed by atoms with E-state index >= 15 is 0 Å². The van der Waals surface area contributed by atoms with E-state index in [2.05, 4.69) is 15.4 Å². The van der Waals surface area contributed by atoms with Crippen LogP contribution in [0, 0.1) is 0 Å². The minimum atomic E-state index is -3.56. The first-order valence-electron chi connectivity index (χ1n) is 8.06. The highest BCUT2D eigenvalue weighted by Gasteiger charge is 2.18. The Morgan fingerprint density at radius 3 is 2.42 bits per heavy atom. The molecule has 1 rings (SSSR count). The van der Waals surface area contributed by atoms with Crippen LogP contribution in [0.25, 0.3) is 0 Å². The van der Waals surface area contributed by atoms with E-state index in [0.717, 1.165) is 25.5 Å². The number of anilines is 2. The van der Waals surface area contributed by atoms with E-state index in [-0.39, 0.29) is 42.2 Å². The maximum atomic E-state index is 12.6. The van der Waals surface area contributed by atoms with E-state index in [1.807, 2.05) is 6.92 Å². The number of carbonyl (C=O) groups is 2. The second kappa shape index (κ2) is 11.0. The van der Waals surface area contributed by atoms with Crippen molar-refractivity contribution in [1.82, 2.24) is 5.32 Å². The summed E-state index contributed by atoms with van der Waals surface area (Å²) < 4.78 is 25.4. The fraction of sp³-hybridized carbons (Fsp3) is 0.500. The van der Waals surface area contributed by atoms with Gasteiger partial charge in [-0.1, -0.05) is 19.8 Å². The SMILES string of the molecule is CCCCC(CN)NC(=O)c1cc(NC(C)=O)ccc1NS(C)(=O)=O.Cl. The number of nitrogens with one attached hydrogen (secondary N) is 3. The number of nitrogens with two attached hydrogens (primary N) is 1. The molecule has 1 aromatic rings. The summed E-state index contributed by atoms with van der Waals surface area (Å²) in [7, 11) is -3.56. The lowest BCUT2D eigenvalue weighted by atomic mass is 10.1. The van der Waals surface area contributed by atoms with Gasteiger partial charge >= 0.3 is 0 Å². The summed E-state index contributed by atoms with van der Waals surface area (Å²) in [4.78, 5) is 23.8. The molecule has 2 amide bonds. The highest BCUT2D eigenvalue weighted by atomic mass is 35.5. The molecule has 1 atom stereocenters. The molecule has 0 aliphatic heterocycles. The van der Waals surface area contributed by atoms with Gasteiger partial charge in [0, 0.05) is 25.2 Å². The highest BCUT2D eigenvalue weighted by molar-refractivity contribution is 7.92. The van der Waals surface area contributed by atoms with Gasteiger partial charge in [-0.05, 0) is 24.6 Å². The van der Waals surface area contributed by atoms with E-state index in [1.54, 1.807) is 0 Å². The van der Waals surface area contributed by atoms with Crippen molar-refractivity contribution in [3.63, 3.8) is 0 Å². The topological polar surface area (TPSA) is 130 Å². The Morgan fingerprint density at radius 1 is 1.27 bits per heavy atom. The quantitative estimate of drug-likeness (QED) is 0.495. The number of halogens is 1. The molecule has 0 aromatic heterocycles. The number of hydrogen-bond acceptors (Lipinski definition) is 5. The standard InChI is InChI=1S/C16H26N4O4S.ClH/c1-4-5-6-13(10-17)19-16(22)14-9-12(18-11(2)21)7-8-15(14)20-25(3,23)24;/h7-9,13,20H,4-6,10,17H2,1-3H3,(H,18,21)(H,19,22);1H. The van der Waals surface area contributed by atoms with Gasteiger partial charge in [-0.2, -0.15) is 0 Å². The molecule has 0 heterocycles. The van der Waals surface area contributed by atoms with Crippen molar-refractivity contribution in [2.75, 3.05) is 22.8 Å². The monoisotopic (exact) mass is 406 g/mol. The maximum absolute atomic E-state index is 12.6. The zero-order chi connectivity index (χ0) is 19.0. The van der Waals surface area contributed by atoms with Crippen molar-refractivity contribution in [3.8, 4) is 0 Å². The second-order valence-corrected chi connectivity index (χ2v) is 7.61. The van der Waals surface area contributed by atoms with Crippen LogP contribution in [0.1, 0.15) is 43.5 Å². The van der Waals surface area contributed by atoms with Gasteiger partial charge in [0.25, 0.3) is 5.91 Å². The first-order valence-corrected chi connectivity index (χ1v) is 9.95. The number of sulfonamides is 1. The van der Waals surface area contributed by atoms with Crippen LogP contribution in [-0.2, 0) is 14.8 Å². The zero-order valence-corrected chi connectivity index (χ0v) is 16.8. The number of rotatable bonds is 9.